The first-order valence-electron chi connectivity index (χ1n) is 8.29. The van der Waals surface area contributed by atoms with Crippen LogP contribution in [0.25, 0.3) is 0 Å². The summed E-state index contributed by atoms with van der Waals surface area (Å²) in [6.45, 7) is 9.41. The summed E-state index contributed by atoms with van der Waals surface area (Å²) in [7, 11) is -4.67. The Labute approximate surface area is 149 Å². The molecule has 0 aromatic rings. The Morgan fingerprint density at radius 1 is 1.00 bits per heavy atom. The summed E-state index contributed by atoms with van der Waals surface area (Å²) < 4.78 is 32.7. The summed E-state index contributed by atoms with van der Waals surface area (Å²) in [5.74, 6) is 1.93. The summed E-state index contributed by atoms with van der Waals surface area (Å²) in [5, 5.41) is 0. The molecule has 2 unspecified atom stereocenters. The molecule has 6 heteroatoms. The van der Waals surface area contributed by atoms with Crippen molar-refractivity contribution in [1.82, 2.24) is 0 Å². The molecule has 2 atom stereocenters. The summed E-state index contributed by atoms with van der Waals surface area (Å²) in [4.78, 5) is 0. The number of unbranched alkanes of at least 4 members (excludes halogenated alkanes) is 2. The van der Waals surface area contributed by atoms with Gasteiger partial charge >= 0.3 is 132 Å². The molecule has 21 heavy (non-hydrogen) atoms. The molecule has 0 fully saturated rings. The normalized spacial score (nSPS) is 14.5. The van der Waals surface area contributed by atoms with Gasteiger partial charge in [-0.2, -0.15) is 8.42 Å². The van der Waals surface area contributed by atoms with Crippen molar-refractivity contribution in [1.29, 1.82) is 0 Å². The van der Waals surface area contributed by atoms with Crippen molar-refractivity contribution in [2.45, 2.75) is 82.2 Å². The van der Waals surface area contributed by atoms with Crippen LogP contribution < -0.4 is 0 Å². The summed E-state index contributed by atoms with van der Waals surface area (Å²) in [6, 6.07) is 0. The smallest absolute Gasteiger partial charge is 0.264 e. The molecule has 0 aliphatic heterocycles. The van der Waals surface area contributed by atoms with Crippen LogP contribution in [0.3, 0.4) is 0 Å². The maximum absolute atomic E-state index is 8.74. The number of rotatable bonds is 10. The predicted octanol–water partition coefficient (Wildman–Crippen LogP) is 4.72. The van der Waals surface area contributed by atoms with Crippen molar-refractivity contribution in [3.63, 3.8) is 0 Å². The minimum absolute atomic E-state index is 0.905. The van der Waals surface area contributed by atoms with E-state index >= 15 is 0 Å². The molecule has 0 bridgehead atoms. The fraction of sp³-hybridized carbons (Fsp3) is 1.00. The topological polar surface area (TPSA) is 74.6 Å². The van der Waals surface area contributed by atoms with Crippen molar-refractivity contribution in [3.8, 4) is 0 Å². The fourth-order valence-corrected chi connectivity index (χ4v) is 3.95. The Bertz CT molecular complexity index is 310. The third-order valence-electron chi connectivity index (χ3n) is 3.73. The average molecular weight is 332 g/mol. The van der Waals surface area contributed by atoms with Crippen LogP contribution in [0.2, 0.25) is 3.17 Å². The van der Waals surface area contributed by atoms with E-state index in [0.29, 0.717) is 0 Å². The monoisotopic (exact) mass is 332 g/mol. The Hall–Kier alpha value is 0.870. The molecule has 0 spiro atoms. The van der Waals surface area contributed by atoms with Gasteiger partial charge < -0.3 is 0 Å². The van der Waals surface area contributed by atoms with E-state index in [1.807, 2.05) is 0 Å². The Morgan fingerprint density at radius 3 is 1.90 bits per heavy atom. The van der Waals surface area contributed by atoms with Crippen LogP contribution in [-0.4, -0.2) is 45.5 Å². The molecular formula is C15H33NaO4S. The first-order chi connectivity index (χ1) is 9.60. The third kappa shape index (κ3) is 26.1. The molecule has 0 saturated carbocycles. The van der Waals surface area contributed by atoms with E-state index in [4.69, 9.17) is 17.5 Å². The molecule has 0 aromatic heterocycles. The number of hydrogen-bond acceptors (Lipinski definition) is 2. The van der Waals surface area contributed by atoms with Gasteiger partial charge in [0.15, 0.2) is 0 Å². The molecule has 0 aliphatic rings. The predicted molar refractivity (Wildman–Crippen MR) is 90.3 cm³/mol. The van der Waals surface area contributed by atoms with Gasteiger partial charge in [-0.15, -0.1) is 0 Å². The third-order valence-corrected chi connectivity index (χ3v) is 4.78. The standard InChI is InChI=1S/C15H31.Na.H2O4S/c1-5-7-8-12-15(6-2)13-10-9-11-14(3)4;;1-5(2,3)4/h9,14-15H,5-8,10-13H2,1-4H3;;(H2,1,2,3,4). The van der Waals surface area contributed by atoms with Gasteiger partial charge in [-0.1, -0.05) is 0 Å². The van der Waals surface area contributed by atoms with Crippen LogP contribution in [0.5, 0.6) is 0 Å². The van der Waals surface area contributed by atoms with E-state index in [1.54, 1.807) is 0 Å². The van der Waals surface area contributed by atoms with E-state index in [2.05, 4.69) is 27.7 Å². The van der Waals surface area contributed by atoms with Crippen molar-refractivity contribution >= 4 is 38.3 Å². The first-order valence-corrected chi connectivity index (χ1v) is 10.8. The van der Waals surface area contributed by atoms with Gasteiger partial charge in [0.2, 0.25) is 0 Å². The van der Waals surface area contributed by atoms with Gasteiger partial charge in [0, 0.05) is 0 Å². The van der Waals surface area contributed by atoms with Gasteiger partial charge in [0.1, 0.15) is 0 Å². The molecule has 0 aliphatic carbocycles. The van der Waals surface area contributed by atoms with E-state index in [-0.39, 0.29) is 0 Å². The van der Waals surface area contributed by atoms with Gasteiger partial charge in [0.05, 0.1) is 0 Å². The van der Waals surface area contributed by atoms with Crippen LogP contribution in [-0.2, 0) is 10.4 Å². The zero-order valence-corrected chi connectivity index (χ0v) is 17.3. The van der Waals surface area contributed by atoms with Crippen LogP contribution in [0.1, 0.15) is 79.1 Å². The largest absolute Gasteiger partial charge is 0.394 e. The molecule has 0 heterocycles. The van der Waals surface area contributed by atoms with Crippen LogP contribution in [0.4, 0.5) is 0 Å². The van der Waals surface area contributed by atoms with Gasteiger partial charge in [0.25, 0.3) is 0 Å². The van der Waals surface area contributed by atoms with Gasteiger partial charge in [-0.05, 0) is 0 Å². The number of hydrogen-bond donors (Lipinski definition) is 2. The van der Waals surface area contributed by atoms with Crippen molar-refractivity contribution in [3.05, 3.63) is 0 Å². The SMILES string of the molecule is CCCCCC(CC)CC[CH]([Na])CC(C)C.O=S(=O)(O)O. The zero-order valence-electron chi connectivity index (χ0n) is 14.5. The fourth-order valence-electron chi connectivity index (χ4n) is 2.68. The Kier molecular flexibility index (Phi) is 16.6. The molecule has 0 amide bonds. The second-order valence-electron chi connectivity index (χ2n) is 6.53. The molecule has 2 N–H and O–H groups in total. The van der Waals surface area contributed by atoms with Crippen molar-refractivity contribution in [2.24, 2.45) is 11.8 Å². The molecule has 0 aromatic carbocycles. The maximum Gasteiger partial charge on any atom is 0.394 e. The molecule has 124 valence electrons. The molecule has 0 radical (unpaired) electrons. The maximum atomic E-state index is 8.74. The van der Waals surface area contributed by atoms with Crippen LogP contribution in [0, 0.1) is 11.8 Å². The second kappa shape index (κ2) is 14.5. The summed E-state index contributed by atoms with van der Waals surface area (Å²) in [6.07, 6.45) is 11.6. The van der Waals surface area contributed by atoms with Crippen molar-refractivity contribution < 1.29 is 17.5 Å². The molecule has 4 nitrogen and oxygen atoms in total. The van der Waals surface area contributed by atoms with E-state index in [1.165, 1.54) is 79.3 Å². The van der Waals surface area contributed by atoms with Gasteiger partial charge in [-0.3, -0.25) is 9.11 Å². The van der Waals surface area contributed by atoms with Crippen LogP contribution >= 0.6 is 0 Å². The van der Waals surface area contributed by atoms with Crippen LogP contribution in [0.15, 0.2) is 0 Å². The van der Waals surface area contributed by atoms with E-state index < -0.39 is 10.4 Å². The quantitative estimate of drug-likeness (QED) is 0.345. The van der Waals surface area contributed by atoms with Crippen molar-refractivity contribution in [2.75, 3.05) is 0 Å². The molecule has 0 saturated heterocycles. The minimum atomic E-state index is -4.67. The summed E-state index contributed by atoms with van der Waals surface area (Å²) in [5.41, 5.74) is 0. The first kappa shape index (κ1) is 24.1. The van der Waals surface area contributed by atoms with E-state index in [0.717, 1.165) is 15.0 Å². The van der Waals surface area contributed by atoms with E-state index in [9.17, 15) is 0 Å². The van der Waals surface area contributed by atoms with Gasteiger partial charge in [-0.25, -0.2) is 0 Å². The molecular weight excluding hydrogens is 299 g/mol. The second-order valence-corrected chi connectivity index (χ2v) is 9.06. The Morgan fingerprint density at radius 2 is 1.52 bits per heavy atom. The Balaban J connectivity index is 0. The minimum Gasteiger partial charge on any atom is -0.264 e. The molecule has 0 rings (SSSR count). The summed E-state index contributed by atoms with van der Waals surface area (Å²) >= 11 is 1.40. The zero-order chi connectivity index (χ0) is 16.9. The average Bonchev–Trinajstić information content (AvgIpc) is 2.30.